The first-order chi connectivity index (χ1) is 10.3. The van der Waals surface area contributed by atoms with Crippen LogP contribution in [0.3, 0.4) is 0 Å². The zero-order chi connectivity index (χ0) is 14.7. The van der Waals surface area contributed by atoms with Crippen molar-refractivity contribution in [2.45, 2.75) is 64.5 Å². The lowest BCUT2D eigenvalue weighted by Gasteiger charge is -2.36. The van der Waals surface area contributed by atoms with Crippen LogP contribution in [-0.4, -0.2) is 18.7 Å². The molecule has 3 rings (SSSR count). The Morgan fingerprint density at radius 3 is 2.90 bits per heavy atom. The van der Waals surface area contributed by atoms with Gasteiger partial charge in [-0.3, -0.25) is 0 Å². The third-order valence-electron chi connectivity index (χ3n) is 5.18. The van der Waals surface area contributed by atoms with Gasteiger partial charge in [0.15, 0.2) is 0 Å². The van der Waals surface area contributed by atoms with E-state index in [9.17, 15) is 0 Å². The van der Waals surface area contributed by atoms with Crippen LogP contribution in [0.25, 0.3) is 0 Å². The molecular formula is C19H29NO. The van der Waals surface area contributed by atoms with E-state index in [0.29, 0.717) is 12.1 Å². The number of nitrogens with one attached hydrogen (secondary N) is 1. The molecule has 1 aliphatic heterocycles. The van der Waals surface area contributed by atoms with E-state index < -0.39 is 0 Å². The van der Waals surface area contributed by atoms with Crippen LogP contribution in [0.4, 0.5) is 0 Å². The lowest BCUT2D eigenvalue weighted by Crippen LogP contribution is -2.42. The van der Waals surface area contributed by atoms with Crippen LogP contribution in [0.15, 0.2) is 24.3 Å². The molecule has 2 nitrogen and oxygen atoms in total. The Labute approximate surface area is 129 Å². The van der Waals surface area contributed by atoms with Gasteiger partial charge in [0, 0.05) is 12.5 Å². The van der Waals surface area contributed by atoms with E-state index in [1.807, 2.05) is 0 Å². The molecule has 0 aromatic heterocycles. The Morgan fingerprint density at radius 1 is 1.24 bits per heavy atom. The predicted octanol–water partition coefficient (Wildman–Crippen LogP) is 4.18. The van der Waals surface area contributed by atoms with E-state index in [0.717, 1.165) is 30.6 Å². The predicted molar refractivity (Wildman–Crippen MR) is 87.8 cm³/mol. The highest BCUT2D eigenvalue weighted by Gasteiger charge is 2.32. The van der Waals surface area contributed by atoms with Gasteiger partial charge < -0.3 is 10.1 Å². The van der Waals surface area contributed by atoms with Crippen molar-refractivity contribution in [2.24, 2.45) is 11.8 Å². The van der Waals surface area contributed by atoms with Gasteiger partial charge in [-0.2, -0.15) is 0 Å². The molecule has 116 valence electrons. The summed E-state index contributed by atoms with van der Waals surface area (Å²) in [4.78, 5) is 0. The maximum atomic E-state index is 6.17. The maximum absolute atomic E-state index is 6.17. The molecule has 1 aromatic carbocycles. The fraction of sp³-hybridized carbons (Fsp3) is 0.684. The average Bonchev–Trinajstić information content (AvgIpc) is 2.88. The van der Waals surface area contributed by atoms with Crippen LogP contribution < -0.4 is 10.1 Å². The molecule has 0 radical (unpaired) electrons. The minimum Gasteiger partial charge on any atom is -0.490 e. The van der Waals surface area contributed by atoms with Crippen molar-refractivity contribution in [1.29, 1.82) is 0 Å². The fourth-order valence-corrected chi connectivity index (χ4v) is 4.08. The third-order valence-corrected chi connectivity index (χ3v) is 5.18. The Balaban J connectivity index is 1.59. The van der Waals surface area contributed by atoms with Gasteiger partial charge in [-0.05, 0) is 62.1 Å². The molecule has 1 aromatic rings. The lowest BCUT2D eigenvalue weighted by atomic mass is 9.76. The normalized spacial score (nSPS) is 31.7. The van der Waals surface area contributed by atoms with Crippen molar-refractivity contribution in [3.8, 4) is 5.75 Å². The molecule has 21 heavy (non-hydrogen) atoms. The number of para-hydroxylation sites is 1. The third kappa shape index (κ3) is 3.60. The molecular weight excluding hydrogens is 258 g/mol. The first kappa shape index (κ1) is 14.9. The smallest absolute Gasteiger partial charge is 0.123 e. The van der Waals surface area contributed by atoms with Crippen LogP contribution in [0.2, 0.25) is 0 Å². The molecule has 2 aliphatic rings. The fourth-order valence-electron chi connectivity index (χ4n) is 4.08. The highest BCUT2D eigenvalue weighted by Crippen LogP contribution is 2.36. The molecule has 4 unspecified atom stereocenters. The summed E-state index contributed by atoms with van der Waals surface area (Å²) in [5, 5.41) is 3.78. The van der Waals surface area contributed by atoms with E-state index in [1.165, 1.54) is 37.7 Å². The summed E-state index contributed by atoms with van der Waals surface area (Å²) in [6.45, 7) is 5.82. The number of hydrogen-bond donors (Lipinski definition) is 1. The van der Waals surface area contributed by atoms with Crippen LogP contribution in [0.5, 0.6) is 5.75 Å². The second kappa shape index (κ2) is 6.83. The second-order valence-corrected chi connectivity index (χ2v) is 7.03. The summed E-state index contributed by atoms with van der Waals surface area (Å²) in [6.07, 6.45) is 8.00. The Hall–Kier alpha value is -1.02. The topological polar surface area (TPSA) is 21.3 Å². The number of hydrogen-bond acceptors (Lipinski definition) is 2. The summed E-state index contributed by atoms with van der Waals surface area (Å²) in [5.74, 6) is 2.77. The van der Waals surface area contributed by atoms with Gasteiger partial charge in [-0.1, -0.05) is 32.0 Å². The van der Waals surface area contributed by atoms with Crippen LogP contribution >= 0.6 is 0 Å². The SMILES string of the molecule is CCCNC1CCC(C)CC1CC1Cc2ccccc2O1. The van der Waals surface area contributed by atoms with E-state index in [1.54, 1.807) is 0 Å². The van der Waals surface area contributed by atoms with Crippen LogP contribution in [0.1, 0.15) is 51.5 Å². The maximum Gasteiger partial charge on any atom is 0.123 e. The summed E-state index contributed by atoms with van der Waals surface area (Å²) < 4.78 is 6.17. The standard InChI is InChI=1S/C19H29NO/c1-3-10-20-18-9-8-14(2)11-16(18)13-17-12-15-6-4-5-7-19(15)21-17/h4-7,14,16-18,20H,3,8-13H2,1-2H3. The highest BCUT2D eigenvalue weighted by atomic mass is 16.5. The van der Waals surface area contributed by atoms with Crippen molar-refractivity contribution in [3.63, 3.8) is 0 Å². The van der Waals surface area contributed by atoms with Crippen molar-refractivity contribution in [3.05, 3.63) is 29.8 Å². The van der Waals surface area contributed by atoms with E-state index >= 15 is 0 Å². The second-order valence-electron chi connectivity index (χ2n) is 7.03. The molecule has 0 amide bonds. The average molecular weight is 287 g/mol. The summed E-state index contributed by atoms with van der Waals surface area (Å²) >= 11 is 0. The zero-order valence-electron chi connectivity index (χ0n) is 13.5. The molecule has 0 saturated heterocycles. The molecule has 1 fully saturated rings. The number of ether oxygens (including phenoxy) is 1. The first-order valence-electron chi connectivity index (χ1n) is 8.74. The van der Waals surface area contributed by atoms with Crippen molar-refractivity contribution >= 4 is 0 Å². The van der Waals surface area contributed by atoms with Crippen molar-refractivity contribution in [1.82, 2.24) is 5.32 Å². The quantitative estimate of drug-likeness (QED) is 0.877. The molecule has 0 bridgehead atoms. The molecule has 0 spiro atoms. The van der Waals surface area contributed by atoms with E-state index in [4.69, 9.17) is 4.74 Å². The van der Waals surface area contributed by atoms with Crippen molar-refractivity contribution < 1.29 is 4.74 Å². The van der Waals surface area contributed by atoms with Gasteiger partial charge >= 0.3 is 0 Å². The Bertz CT molecular complexity index is 432. The Kier molecular flexibility index (Phi) is 4.84. The molecule has 1 saturated carbocycles. The van der Waals surface area contributed by atoms with E-state index in [-0.39, 0.29) is 0 Å². The highest BCUT2D eigenvalue weighted by molar-refractivity contribution is 5.37. The minimum absolute atomic E-state index is 0.392. The van der Waals surface area contributed by atoms with Crippen LogP contribution in [-0.2, 0) is 6.42 Å². The summed E-state index contributed by atoms with van der Waals surface area (Å²) in [6, 6.07) is 9.24. The van der Waals surface area contributed by atoms with Gasteiger partial charge in [0.05, 0.1) is 0 Å². The molecule has 4 atom stereocenters. The minimum atomic E-state index is 0.392. The van der Waals surface area contributed by atoms with E-state index in [2.05, 4.69) is 43.4 Å². The van der Waals surface area contributed by atoms with Gasteiger partial charge in [0.1, 0.15) is 11.9 Å². The zero-order valence-corrected chi connectivity index (χ0v) is 13.5. The monoisotopic (exact) mass is 287 g/mol. The molecule has 1 heterocycles. The van der Waals surface area contributed by atoms with Gasteiger partial charge in [-0.15, -0.1) is 0 Å². The first-order valence-corrected chi connectivity index (χ1v) is 8.74. The van der Waals surface area contributed by atoms with Gasteiger partial charge in [-0.25, -0.2) is 0 Å². The molecule has 1 aliphatic carbocycles. The number of fused-ring (bicyclic) bond motifs is 1. The number of rotatable bonds is 5. The Morgan fingerprint density at radius 2 is 2.10 bits per heavy atom. The summed E-state index contributed by atoms with van der Waals surface area (Å²) in [7, 11) is 0. The van der Waals surface area contributed by atoms with Gasteiger partial charge in [0.25, 0.3) is 0 Å². The molecule has 2 heteroatoms. The van der Waals surface area contributed by atoms with Crippen LogP contribution in [0, 0.1) is 11.8 Å². The number of benzene rings is 1. The van der Waals surface area contributed by atoms with Gasteiger partial charge in [0.2, 0.25) is 0 Å². The largest absolute Gasteiger partial charge is 0.490 e. The van der Waals surface area contributed by atoms with Crippen molar-refractivity contribution in [2.75, 3.05) is 6.54 Å². The molecule has 1 N–H and O–H groups in total. The lowest BCUT2D eigenvalue weighted by molar-refractivity contribution is 0.134. The summed E-state index contributed by atoms with van der Waals surface area (Å²) in [5.41, 5.74) is 1.39.